The summed E-state index contributed by atoms with van der Waals surface area (Å²) in [5.74, 6) is -2.62. The second kappa shape index (κ2) is 3.32. The molecule has 13 heavy (non-hydrogen) atoms. The average Bonchev–Trinajstić information content (AvgIpc) is 1.95. The van der Waals surface area contributed by atoms with Gasteiger partial charge in [-0.25, -0.2) is 4.39 Å². The Morgan fingerprint density at radius 2 is 1.77 bits per heavy atom. The maximum absolute atomic E-state index is 12.8. The summed E-state index contributed by atoms with van der Waals surface area (Å²) in [5.41, 5.74) is -1.42. The number of benzene rings is 1. The highest BCUT2D eigenvalue weighted by atomic mass is 127. The zero-order valence-corrected chi connectivity index (χ0v) is 8.15. The molecule has 0 saturated heterocycles. The van der Waals surface area contributed by atoms with Gasteiger partial charge in [-0.3, -0.25) is 0 Å². The van der Waals surface area contributed by atoms with E-state index in [4.69, 9.17) is 5.11 Å². The van der Waals surface area contributed by atoms with Crippen LogP contribution in [0.15, 0.2) is 12.1 Å². The van der Waals surface area contributed by atoms with Crippen LogP contribution in [0.3, 0.4) is 0 Å². The number of phenols is 1. The molecule has 72 valence electrons. The van der Waals surface area contributed by atoms with Gasteiger partial charge < -0.3 is 5.11 Å². The summed E-state index contributed by atoms with van der Waals surface area (Å²) >= 11 is 1.36. The van der Waals surface area contributed by atoms with Crippen LogP contribution in [0.4, 0.5) is 17.6 Å². The van der Waals surface area contributed by atoms with Crippen molar-refractivity contribution in [2.45, 2.75) is 6.18 Å². The highest BCUT2D eigenvalue weighted by Gasteiger charge is 2.37. The van der Waals surface area contributed by atoms with Gasteiger partial charge in [0.1, 0.15) is 5.56 Å². The van der Waals surface area contributed by atoms with Crippen LogP contribution in [0.2, 0.25) is 0 Å². The number of hydrogen-bond donors (Lipinski definition) is 1. The molecule has 0 bridgehead atoms. The highest BCUT2D eigenvalue weighted by molar-refractivity contribution is 14.1. The van der Waals surface area contributed by atoms with E-state index < -0.39 is 23.3 Å². The van der Waals surface area contributed by atoms with Crippen LogP contribution in [0, 0.1) is 9.39 Å². The van der Waals surface area contributed by atoms with Crippen molar-refractivity contribution in [3.63, 3.8) is 0 Å². The van der Waals surface area contributed by atoms with Crippen molar-refractivity contribution in [2.24, 2.45) is 0 Å². The molecular formula is C7H3F4IO. The molecule has 0 radical (unpaired) electrons. The largest absolute Gasteiger partial charge is 0.505 e. The van der Waals surface area contributed by atoms with Crippen LogP contribution < -0.4 is 0 Å². The van der Waals surface area contributed by atoms with E-state index in [0.717, 1.165) is 12.1 Å². The topological polar surface area (TPSA) is 20.2 Å². The minimum atomic E-state index is -4.78. The van der Waals surface area contributed by atoms with E-state index in [1.165, 1.54) is 22.6 Å². The first-order valence-electron chi connectivity index (χ1n) is 3.08. The molecule has 0 saturated carbocycles. The van der Waals surface area contributed by atoms with Gasteiger partial charge in [-0.2, -0.15) is 13.2 Å². The zero-order valence-electron chi connectivity index (χ0n) is 5.99. The summed E-state index contributed by atoms with van der Waals surface area (Å²) in [4.78, 5) is 0. The van der Waals surface area contributed by atoms with Gasteiger partial charge in [0.2, 0.25) is 0 Å². The van der Waals surface area contributed by atoms with Crippen LogP contribution >= 0.6 is 22.6 Å². The first-order valence-corrected chi connectivity index (χ1v) is 4.16. The lowest BCUT2D eigenvalue weighted by Crippen LogP contribution is -2.10. The first-order chi connectivity index (χ1) is 5.84. The van der Waals surface area contributed by atoms with Gasteiger partial charge in [0.25, 0.3) is 0 Å². The molecule has 0 aliphatic rings. The lowest BCUT2D eigenvalue weighted by Gasteiger charge is -2.10. The SMILES string of the molecule is Oc1ccc(I)c(C(F)(F)F)c1F. The van der Waals surface area contributed by atoms with Gasteiger partial charge in [-0.05, 0) is 34.7 Å². The Kier molecular flexibility index (Phi) is 2.69. The lowest BCUT2D eigenvalue weighted by molar-refractivity contribution is -0.140. The number of rotatable bonds is 0. The van der Waals surface area contributed by atoms with Gasteiger partial charge in [-0.1, -0.05) is 0 Å². The molecule has 1 aromatic rings. The fourth-order valence-electron chi connectivity index (χ4n) is 0.801. The Morgan fingerprint density at radius 1 is 1.23 bits per heavy atom. The average molecular weight is 306 g/mol. The van der Waals surface area contributed by atoms with Crippen molar-refractivity contribution in [1.82, 2.24) is 0 Å². The van der Waals surface area contributed by atoms with Crippen LogP contribution in [0.5, 0.6) is 5.75 Å². The Hall–Kier alpha value is -0.530. The van der Waals surface area contributed by atoms with Crippen molar-refractivity contribution in [3.8, 4) is 5.75 Å². The van der Waals surface area contributed by atoms with Crippen molar-refractivity contribution in [1.29, 1.82) is 0 Å². The fourth-order valence-corrected chi connectivity index (χ4v) is 1.52. The summed E-state index contributed by atoms with van der Waals surface area (Å²) in [7, 11) is 0. The van der Waals surface area contributed by atoms with Crippen molar-refractivity contribution in [3.05, 3.63) is 27.1 Å². The lowest BCUT2D eigenvalue weighted by atomic mass is 10.2. The number of halogens is 5. The predicted molar refractivity (Wildman–Crippen MR) is 45.8 cm³/mol. The smallest absolute Gasteiger partial charge is 0.420 e. The van der Waals surface area contributed by atoms with E-state index in [1.807, 2.05) is 0 Å². The Labute approximate surface area is 84.5 Å². The van der Waals surface area contributed by atoms with E-state index >= 15 is 0 Å². The van der Waals surface area contributed by atoms with Gasteiger partial charge in [-0.15, -0.1) is 0 Å². The van der Waals surface area contributed by atoms with Crippen LogP contribution in [0.25, 0.3) is 0 Å². The summed E-state index contributed by atoms with van der Waals surface area (Å²) in [5, 5.41) is 8.71. The molecule has 6 heteroatoms. The number of hydrogen-bond acceptors (Lipinski definition) is 1. The number of aromatic hydroxyl groups is 1. The molecule has 0 atom stereocenters. The maximum atomic E-state index is 12.8. The second-order valence-electron chi connectivity index (χ2n) is 2.25. The van der Waals surface area contributed by atoms with E-state index in [0.29, 0.717) is 0 Å². The van der Waals surface area contributed by atoms with Gasteiger partial charge in [0.15, 0.2) is 11.6 Å². The summed E-state index contributed by atoms with van der Waals surface area (Å²) < 4.78 is 48.9. The number of alkyl halides is 3. The molecule has 0 unspecified atom stereocenters. The zero-order chi connectivity index (χ0) is 10.2. The van der Waals surface area contributed by atoms with E-state index in [2.05, 4.69) is 0 Å². The summed E-state index contributed by atoms with van der Waals surface area (Å²) in [6, 6.07) is 1.88. The van der Waals surface area contributed by atoms with Crippen molar-refractivity contribution in [2.75, 3.05) is 0 Å². The fraction of sp³-hybridized carbons (Fsp3) is 0.143. The van der Waals surface area contributed by atoms with E-state index in [-0.39, 0.29) is 3.57 Å². The number of phenolic OH excluding ortho intramolecular Hbond substituents is 1. The third-order valence-corrected chi connectivity index (χ3v) is 2.25. The van der Waals surface area contributed by atoms with E-state index in [9.17, 15) is 17.6 Å². The standard InChI is InChI=1S/C7H3F4IO/c8-6-4(13)2-1-3(12)5(6)7(9,10)11/h1-2,13H. The third kappa shape index (κ3) is 2.04. The molecule has 1 nitrogen and oxygen atoms in total. The molecular weight excluding hydrogens is 303 g/mol. The van der Waals surface area contributed by atoms with Gasteiger partial charge in [0.05, 0.1) is 0 Å². The first kappa shape index (κ1) is 10.6. The van der Waals surface area contributed by atoms with Crippen molar-refractivity contribution >= 4 is 22.6 Å². The van der Waals surface area contributed by atoms with Crippen LogP contribution in [-0.2, 0) is 6.18 Å². The van der Waals surface area contributed by atoms with E-state index in [1.54, 1.807) is 0 Å². The Balaban J connectivity index is 3.43. The minimum Gasteiger partial charge on any atom is -0.505 e. The molecule has 1 aromatic carbocycles. The monoisotopic (exact) mass is 306 g/mol. The predicted octanol–water partition coefficient (Wildman–Crippen LogP) is 3.15. The quantitative estimate of drug-likeness (QED) is 0.577. The normalized spacial score (nSPS) is 11.8. The minimum absolute atomic E-state index is 0.277. The molecule has 0 amide bonds. The van der Waals surface area contributed by atoms with Crippen molar-refractivity contribution < 1.29 is 22.7 Å². The molecule has 0 heterocycles. The van der Waals surface area contributed by atoms with Crippen LogP contribution in [0.1, 0.15) is 5.56 Å². The Morgan fingerprint density at radius 3 is 2.15 bits per heavy atom. The molecule has 0 fully saturated rings. The third-order valence-electron chi connectivity index (χ3n) is 1.35. The second-order valence-corrected chi connectivity index (χ2v) is 3.42. The van der Waals surface area contributed by atoms with Gasteiger partial charge in [0, 0.05) is 3.57 Å². The van der Waals surface area contributed by atoms with Crippen LogP contribution in [-0.4, -0.2) is 5.11 Å². The molecule has 1 N–H and O–H groups in total. The molecule has 0 aromatic heterocycles. The highest BCUT2D eigenvalue weighted by Crippen LogP contribution is 2.37. The Bertz CT molecular complexity index is 334. The van der Waals surface area contributed by atoms with Gasteiger partial charge >= 0.3 is 6.18 Å². The molecule has 0 aliphatic heterocycles. The summed E-state index contributed by atoms with van der Waals surface area (Å²) in [6.45, 7) is 0. The summed E-state index contributed by atoms with van der Waals surface area (Å²) in [6.07, 6.45) is -4.78. The molecule has 0 aliphatic carbocycles. The molecule has 0 spiro atoms. The molecule has 1 rings (SSSR count). The maximum Gasteiger partial charge on any atom is 0.420 e.